The highest BCUT2D eigenvalue weighted by atomic mass is 19.1. The van der Waals surface area contributed by atoms with Gasteiger partial charge in [0.2, 0.25) is 11.7 Å². The number of aromatic nitrogens is 2. The van der Waals surface area contributed by atoms with Crippen molar-refractivity contribution in [2.75, 3.05) is 26.2 Å². The topological polar surface area (TPSA) is 45.4 Å². The lowest BCUT2D eigenvalue weighted by Crippen LogP contribution is -2.45. The highest BCUT2D eigenvalue weighted by Crippen LogP contribution is 2.17. The number of benzene rings is 2. The van der Waals surface area contributed by atoms with Crippen molar-refractivity contribution in [3.8, 4) is 11.4 Å². The molecule has 1 aromatic heterocycles. The molecule has 1 aliphatic heterocycles. The molecule has 0 saturated carbocycles. The van der Waals surface area contributed by atoms with Crippen molar-refractivity contribution in [1.29, 1.82) is 0 Å². The third kappa shape index (κ3) is 4.59. The molecule has 1 aliphatic rings. The molecule has 4 rings (SSSR count). The third-order valence-corrected chi connectivity index (χ3v) is 4.88. The van der Waals surface area contributed by atoms with Crippen LogP contribution in [0.2, 0.25) is 0 Å². The Hall–Kier alpha value is -2.57. The second kappa shape index (κ2) is 7.98. The molecule has 0 N–H and O–H groups in total. The molecular formula is C21H23FN4O. The average molecular weight is 366 g/mol. The predicted molar refractivity (Wildman–Crippen MR) is 101 cm³/mol. The standard InChI is InChI=1S/C21H23FN4O/c1-16-3-2-4-17(13-16)14-25-9-11-26(12-10-25)15-20-23-21(24-27-20)18-5-7-19(22)8-6-18/h2-8,13H,9-12,14-15H2,1H3. The summed E-state index contributed by atoms with van der Waals surface area (Å²) in [5.41, 5.74) is 3.43. The second-order valence-electron chi connectivity index (χ2n) is 7.06. The van der Waals surface area contributed by atoms with Gasteiger partial charge in [0.25, 0.3) is 0 Å². The van der Waals surface area contributed by atoms with Crippen LogP contribution in [0.4, 0.5) is 4.39 Å². The lowest BCUT2D eigenvalue weighted by Gasteiger charge is -2.33. The van der Waals surface area contributed by atoms with E-state index in [0.29, 0.717) is 18.3 Å². The van der Waals surface area contributed by atoms with Gasteiger partial charge in [-0.25, -0.2) is 4.39 Å². The van der Waals surface area contributed by atoms with Crippen molar-refractivity contribution < 1.29 is 8.91 Å². The van der Waals surface area contributed by atoms with Gasteiger partial charge in [-0.15, -0.1) is 0 Å². The minimum atomic E-state index is -0.272. The largest absolute Gasteiger partial charge is 0.338 e. The molecule has 6 heteroatoms. The lowest BCUT2D eigenvalue weighted by atomic mass is 10.1. The smallest absolute Gasteiger partial charge is 0.241 e. The molecule has 0 aliphatic carbocycles. The first-order chi connectivity index (χ1) is 13.2. The van der Waals surface area contributed by atoms with Crippen LogP contribution in [0, 0.1) is 12.7 Å². The molecule has 5 nitrogen and oxygen atoms in total. The minimum absolute atomic E-state index is 0.272. The maximum absolute atomic E-state index is 13.0. The van der Waals surface area contributed by atoms with Crippen molar-refractivity contribution in [2.24, 2.45) is 0 Å². The van der Waals surface area contributed by atoms with E-state index in [1.165, 1.54) is 23.3 Å². The van der Waals surface area contributed by atoms with Gasteiger partial charge in [-0.3, -0.25) is 9.80 Å². The summed E-state index contributed by atoms with van der Waals surface area (Å²) in [6.45, 7) is 7.75. The lowest BCUT2D eigenvalue weighted by molar-refractivity contribution is 0.112. The molecule has 2 heterocycles. The van der Waals surface area contributed by atoms with Crippen LogP contribution in [0.3, 0.4) is 0 Å². The van der Waals surface area contributed by atoms with Crippen LogP contribution in [0.1, 0.15) is 17.0 Å². The van der Waals surface area contributed by atoms with Crippen LogP contribution in [0.15, 0.2) is 53.1 Å². The Bertz CT molecular complexity index is 885. The molecular weight excluding hydrogens is 343 g/mol. The van der Waals surface area contributed by atoms with Gasteiger partial charge in [0, 0.05) is 38.3 Å². The Kier molecular flexibility index (Phi) is 5.27. The maximum Gasteiger partial charge on any atom is 0.241 e. The number of hydrogen-bond acceptors (Lipinski definition) is 5. The van der Waals surface area contributed by atoms with Crippen molar-refractivity contribution in [2.45, 2.75) is 20.0 Å². The second-order valence-corrected chi connectivity index (χ2v) is 7.06. The van der Waals surface area contributed by atoms with Gasteiger partial charge in [-0.1, -0.05) is 35.0 Å². The van der Waals surface area contributed by atoms with E-state index in [-0.39, 0.29) is 5.82 Å². The van der Waals surface area contributed by atoms with Gasteiger partial charge in [0.1, 0.15) is 5.82 Å². The highest BCUT2D eigenvalue weighted by Gasteiger charge is 2.19. The number of nitrogens with zero attached hydrogens (tertiary/aromatic N) is 4. The fourth-order valence-corrected chi connectivity index (χ4v) is 3.40. The van der Waals surface area contributed by atoms with E-state index in [4.69, 9.17) is 4.52 Å². The monoisotopic (exact) mass is 366 g/mol. The Morgan fingerprint density at radius 1 is 0.963 bits per heavy atom. The number of hydrogen-bond donors (Lipinski definition) is 0. The van der Waals surface area contributed by atoms with Gasteiger partial charge in [0.05, 0.1) is 6.54 Å². The Balaban J connectivity index is 1.30. The van der Waals surface area contributed by atoms with E-state index in [1.807, 2.05) is 0 Å². The van der Waals surface area contributed by atoms with Gasteiger partial charge >= 0.3 is 0 Å². The SMILES string of the molecule is Cc1cccc(CN2CCN(Cc3nc(-c4ccc(F)cc4)no3)CC2)c1. The van der Waals surface area contributed by atoms with Gasteiger partial charge in [-0.2, -0.15) is 4.98 Å². The zero-order chi connectivity index (χ0) is 18.6. The van der Waals surface area contributed by atoms with Crippen molar-refractivity contribution >= 4 is 0 Å². The van der Waals surface area contributed by atoms with Crippen LogP contribution in [0.5, 0.6) is 0 Å². The van der Waals surface area contributed by atoms with E-state index in [1.54, 1.807) is 12.1 Å². The number of rotatable bonds is 5. The van der Waals surface area contributed by atoms with Crippen molar-refractivity contribution in [3.05, 3.63) is 71.4 Å². The first-order valence-corrected chi connectivity index (χ1v) is 9.24. The van der Waals surface area contributed by atoms with Crippen LogP contribution in [0.25, 0.3) is 11.4 Å². The van der Waals surface area contributed by atoms with E-state index in [9.17, 15) is 4.39 Å². The summed E-state index contributed by atoms with van der Waals surface area (Å²) in [6, 6.07) is 14.8. The Morgan fingerprint density at radius 3 is 2.37 bits per heavy atom. The Morgan fingerprint density at radius 2 is 1.67 bits per heavy atom. The molecule has 27 heavy (non-hydrogen) atoms. The van der Waals surface area contributed by atoms with Crippen LogP contribution in [-0.2, 0) is 13.1 Å². The minimum Gasteiger partial charge on any atom is -0.338 e. The number of aryl methyl sites for hydroxylation is 1. The average Bonchev–Trinajstić information content (AvgIpc) is 3.12. The Labute approximate surface area is 158 Å². The predicted octanol–water partition coefficient (Wildman–Crippen LogP) is 3.50. The third-order valence-electron chi connectivity index (χ3n) is 4.88. The summed E-state index contributed by atoms with van der Waals surface area (Å²) >= 11 is 0. The summed E-state index contributed by atoms with van der Waals surface area (Å²) in [5, 5.41) is 4.01. The van der Waals surface area contributed by atoms with Gasteiger partial charge in [0.15, 0.2) is 0 Å². The molecule has 2 aromatic carbocycles. The van der Waals surface area contributed by atoms with E-state index in [2.05, 4.69) is 51.1 Å². The number of halogens is 1. The molecule has 0 unspecified atom stereocenters. The van der Waals surface area contributed by atoms with Crippen LogP contribution in [-0.4, -0.2) is 46.1 Å². The maximum atomic E-state index is 13.0. The van der Waals surface area contributed by atoms with E-state index < -0.39 is 0 Å². The molecule has 1 fully saturated rings. The molecule has 0 atom stereocenters. The zero-order valence-corrected chi connectivity index (χ0v) is 15.4. The summed E-state index contributed by atoms with van der Waals surface area (Å²) in [4.78, 5) is 9.25. The molecule has 3 aromatic rings. The van der Waals surface area contributed by atoms with Crippen molar-refractivity contribution in [1.82, 2.24) is 19.9 Å². The molecule has 140 valence electrons. The molecule has 1 saturated heterocycles. The summed E-state index contributed by atoms with van der Waals surface area (Å²) in [5.74, 6) is 0.829. The highest BCUT2D eigenvalue weighted by molar-refractivity contribution is 5.53. The molecule has 0 amide bonds. The number of piperazine rings is 1. The summed E-state index contributed by atoms with van der Waals surface area (Å²) < 4.78 is 18.4. The molecule has 0 spiro atoms. The fourth-order valence-electron chi connectivity index (χ4n) is 3.40. The molecule has 0 bridgehead atoms. The first kappa shape index (κ1) is 17.8. The summed E-state index contributed by atoms with van der Waals surface area (Å²) in [7, 11) is 0. The quantitative estimate of drug-likeness (QED) is 0.692. The van der Waals surface area contributed by atoms with Crippen molar-refractivity contribution in [3.63, 3.8) is 0 Å². The zero-order valence-electron chi connectivity index (χ0n) is 15.4. The van der Waals surface area contributed by atoms with Crippen LogP contribution < -0.4 is 0 Å². The summed E-state index contributed by atoms with van der Waals surface area (Å²) in [6.07, 6.45) is 0. The van der Waals surface area contributed by atoms with Crippen LogP contribution >= 0.6 is 0 Å². The molecule has 0 radical (unpaired) electrons. The normalized spacial score (nSPS) is 15.9. The fraction of sp³-hybridized carbons (Fsp3) is 0.333. The van der Waals surface area contributed by atoms with Gasteiger partial charge in [-0.05, 0) is 36.8 Å². The van der Waals surface area contributed by atoms with Gasteiger partial charge < -0.3 is 4.52 Å². The van der Waals surface area contributed by atoms with E-state index in [0.717, 1.165) is 38.3 Å². The first-order valence-electron chi connectivity index (χ1n) is 9.24. The van der Waals surface area contributed by atoms with E-state index >= 15 is 0 Å².